The van der Waals surface area contributed by atoms with Crippen LogP contribution in [0.3, 0.4) is 0 Å². The summed E-state index contributed by atoms with van der Waals surface area (Å²) in [6.07, 6.45) is 5.22. The summed E-state index contributed by atoms with van der Waals surface area (Å²) in [5.74, 6) is 2.84. The molecule has 2 N–H and O–H groups in total. The van der Waals surface area contributed by atoms with Gasteiger partial charge in [0.1, 0.15) is 0 Å². The second-order valence-corrected chi connectivity index (χ2v) is 8.09. The number of allylic oxidation sites excluding steroid dienone is 1. The predicted molar refractivity (Wildman–Crippen MR) is 130 cm³/mol. The van der Waals surface area contributed by atoms with Gasteiger partial charge in [0.25, 0.3) is 0 Å². The van der Waals surface area contributed by atoms with Crippen molar-refractivity contribution < 1.29 is 18.9 Å². The van der Waals surface area contributed by atoms with Gasteiger partial charge in [-0.3, -0.25) is 0 Å². The zero-order chi connectivity index (χ0) is 22.7. The summed E-state index contributed by atoms with van der Waals surface area (Å²) >= 11 is 5.57. The average Bonchev–Trinajstić information content (AvgIpc) is 2.83. The molecule has 0 amide bonds. The molecule has 6 nitrogen and oxygen atoms in total. The molecular weight excluding hydrogens is 424 g/mol. The third kappa shape index (κ3) is 4.25. The molecule has 1 aliphatic heterocycles. The van der Waals surface area contributed by atoms with Crippen LogP contribution < -0.4 is 29.6 Å². The van der Waals surface area contributed by atoms with Crippen molar-refractivity contribution in [1.82, 2.24) is 10.6 Å². The number of nitrogens with one attached hydrogen (secondary N) is 2. The van der Waals surface area contributed by atoms with E-state index in [4.69, 9.17) is 31.2 Å². The van der Waals surface area contributed by atoms with Crippen LogP contribution in [-0.4, -0.2) is 33.6 Å². The Morgan fingerprint density at radius 1 is 0.844 bits per heavy atom. The molecule has 7 heteroatoms. The summed E-state index contributed by atoms with van der Waals surface area (Å²) in [7, 11) is 6.58. The van der Waals surface area contributed by atoms with Crippen LogP contribution in [-0.2, 0) is 0 Å². The molecule has 0 aromatic heterocycles. The van der Waals surface area contributed by atoms with Gasteiger partial charge in [0.05, 0.1) is 34.5 Å². The second kappa shape index (κ2) is 9.53. The molecule has 1 atom stereocenters. The molecule has 0 saturated carbocycles. The summed E-state index contributed by atoms with van der Waals surface area (Å²) in [5, 5.41) is 7.47. The molecule has 0 unspecified atom stereocenters. The van der Waals surface area contributed by atoms with Gasteiger partial charge in [0, 0.05) is 5.70 Å². The fourth-order valence-corrected chi connectivity index (χ4v) is 4.57. The van der Waals surface area contributed by atoms with Crippen LogP contribution in [0.15, 0.2) is 53.2 Å². The van der Waals surface area contributed by atoms with Crippen molar-refractivity contribution in [3.8, 4) is 23.0 Å². The molecule has 1 aliphatic carbocycles. The first-order valence-corrected chi connectivity index (χ1v) is 10.9. The maximum atomic E-state index is 5.57. The summed E-state index contributed by atoms with van der Waals surface area (Å²) in [6, 6.07) is 11.9. The first-order valence-electron chi connectivity index (χ1n) is 10.5. The number of benzene rings is 2. The van der Waals surface area contributed by atoms with Gasteiger partial charge in [0.2, 0.25) is 0 Å². The van der Waals surface area contributed by atoms with Gasteiger partial charge in [-0.1, -0.05) is 12.1 Å². The van der Waals surface area contributed by atoms with Gasteiger partial charge in [-0.15, -0.1) is 0 Å². The summed E-state index contributed by atoms with van der Waals surface area (Å²) in [5.41, 5.74) is 5.78. The quantitative estimate of drug-likeness (QED) is 0.613. The lowest BCUT2D eigenvalue weighted by Gasteiger charge is -2.36. The topological polar surface area (TPSA) is 61.0 Å². The summed E-state index contributed by atoms with van der Waals surface area (Å²) < 4.78 is 21.8. The van der Waals surface area contributed by atoms with E-state index in [2.05, 4.69) is 22.8 Å². The Morgan fingerprint density at radius 2 is 1.50 bits per heavy atom. The Hall–Kier alpha value is -3.19. The highest BCUT2D eigenvalue weighted by Crippen LogP contribution is 2.41. The minimum atomic E-state index is -0.0207. The number of thiocarbonyl (C=S) groups is 1. The molecule has 0 spiro atoms. The minimum absolute atomic E-state index is 0.0207. The molecule has 32 heavy (non-hydrogen) atoms. The van der Waals surface area contributed by atoms with Crippen LogP contribution in [0, 0.1) is 0 Å². The minimum Gasteiger partial charge on any atom is -0.493 e. The molecule has 2 aromatic carbocycles. The van der Waals surface area contributed by atoms with Crippen LogP contribution in [0.2, 0.25) is 0 Å². The normalized spacial score (nSPS) is 19.1. The largest absolute Gasteiger partial charge is 0.493 e. The second-order valence-electron chi connectivity index (χ2n) is 7.68. The maximum absolute atomic E-state index is 5.57. The van der Waals surface area contributed by atoms with Crippen LogP contribution >= 0.6 is 12.2 Å². The van der Waals surface area contributed by atoms with Crippen molar-refractivity contribution in [3.05, 3.63) is 64.4 Å². The fourth-order valence-electron chi connectivity index (χ4n) is 4.35. The smallest absolute Gasteiger partial charge is 0.171 e. The monoisotopic (exact) mass is 452 g/mol. The molecule has 0 saturated heterocycles. The number of hydrogen-bond acceptors (Lipinski definition) is 5. The van der Waals surface area contributed by atoms with Crippen molar-refractivity contribution in [2.75, 3.05) is 28.4 Å². The lowest BCUT2D eigenvalue weighted by molar-refractivity contribution is 0.354. The molecule has 168 valence electrons. The molecule has 4 rings (SSSR count). The van der Waals surface area contributed by atoms with Gasteiger partial charge in [-0.2, -0.15) is 0 Å². The van der Waals surface area contributed by atoms with Crippen LogP contribution in [0.1, 0.15) is 36.4 Å². The van der Waals surface area contributed by atoms with Crippen molar-refractivity contribution in [3.63, 3.8) is 0 Å². The van der Waals surface area contributed by atoms with Crippen molar-refractivity contribution in [1.29, 1.82) is 0 Å². The third-order valence-corrected chi connectivity index (χ3v) is 6.11. The number of hydrogen-bond donors (Lipinski definition) is 2. The van der Waals surface area contributed by atoms with E-state index in [0.717, 1.165) is 36.1 Å². The highest BCUT2D eigenvalue weighted by atomic mass is 32.1. The summed E-state index contributed by atoms with van der Waals surface area (Å²) in [4.78, 5) is 0. The molecule has 0 radical (unpaired) electrons. The van der Waals surface area contributed by atoms with E-state index in [0.29, 0.717) is 28.1 Å². The molecular formula is C25H28N2O4S. The Morgan fingerprint density at radius 3 is 2.19 bits per heavy atom. The molecule has 1 heterocycles. The van der Waals surface area contributed by atoms with E-state index in [1.165, 1.54) is 11.1 Å². The van der Waals surface area contributed by atoms with Crippen molar-refractivity contribution >= 4 is 23.4 Å². The lowest BCUT2D eigenvalue weighted by Crippen LogP contribution is -2.45. The van der Waals surface area contributed by atoms with Gasteiger partial charge < -0.3 is 29.6 Å². The predicted octanol–water partition coefficient (Wildman–Crippen LogP) is 4.76. The van der Waals surface area contributed by atoms with E-state index in [1.807, 2.05) is 30.3 Å². The number of methoxy groups -OCH3 is 4. The van der Waals surface area contributed by atoms with E-state index in [1.54, 1.807) is 28.4 Å². The van der Waals surface area contributed by atoms with E-state index < -0.39 is 0 Å². The Labute approximate surface area is 194 Å². The van der Waals surface area contributed by atoms with Crippen LogP contribution in [0.25, 0.3) is 6.08 Å². The highest BCUT2D eigenvalue weighted by molar-refractivity contribution is 7.80. The van der Waals surface area contributed by atoms with E-state index in [9.17, 15) is 0 Å². The van der Waals surface area contributed by atoms with Crippen LogP contribution in [0.5, 0.6) is 23.0 Å². The fraction of sp³-hybridized carbons (Fsp3) is 0.320. The third-order valence-electron chi connectivity index (χ3n) is 5.89. The van der Waals surface area contributed by atoms with Gasteiger partial charge in [0.15, 0.2) is 28.1 Å². The summed E-state index contributed by atoms with van der Waals surface area (Å²) in [6.45, 7) is 0. The van der Waals surface area contributed by atoms with Crippen molar-refractivity contribution in [2.45, 2.75) is 25.3 Å². The lowest BCUT2D eigenvalue weighted by atomic mass is 9.83. The zero-order valence-corrected chi connectivity index (χ0v) is 19.6. The first kappa shape index (κ1) is 22.0. The van der Waals surface area contributed by atoms with E-state index in [-0.39, 0.29) is 6.04 Å². The SMILES string of the molecule is COc1ccc(/C=C2\CCCC3=C2NC(=S)N[C@@H]3c2ccc(OC)c(OC)c2)cc1OC. The Bertz CT molecular complexity index is 1090. The Kier molecular flexibility index (Phi) is 6.55. The molecule has 0 bridgehead atoms. The Balaban J connectivity index is 1.75. The first-order chi connectivity index (χ1) is 15.6. The van der Waals surface area contributed by atoms with Gasteiger partial charge in [-0.25, -0.2) is 0 Å². The number of ether oxygens (including phenoxy) is 4. The standard InChI is InChI=1S/C25H28N2O4S/c1-28-19-10-8-15(13-21(19)30-3)12-16-6-5-7-18-23(16)26-25(32)27-24(18)17-9-11-20(29-2)22(14-17)31-4/h8-14,24H,5-7H2,1-4H3,(H2,26,27,32)/b16-12+/t24-/m1/s1. The van der Waals surface area contributed by atoms with Crippen LogP contribution in [0.4, 0.5) is 0 Å². The molecule has 2 aromatic rings. The highest BCUT2D eigenvalue weighted by Gasteiger charge is 2.31. The van der Waals surface area contributed by atoms with Gasteiger partial charge >= 0.3 is 0 Å². The molecule has 2 aliphatic rings. The maximum Gasteiger partial charge on any atom is 0.171 e. The van der Waals surface area contributed by atoms with Gasteiger partial charge in [-0.05, 0) is 84.1 Å². The molecule has 0 fully saturated rings. The van der Waals surface area contributed by atoms with E-state index >= 15 is 0 Å². The average molecular weight is 453 g/mol. The zero-order valence-electron chi connectivity index (χ0n) is 18.8. The number of rotatable bonds is 6. The van der Waals surface area contributed by atoms with Crippen molar-refractivity contribution in [2.24, 2.45) is 0 Å².